The Balaban J connectivity index is 1.38. The van der Waals surface area contributed by atoms with Crippen LogP contribution in [0.4, 0.5) is 10.5 Å². The third-order valence-corrected chi connectivity index (χ3v) is 6.40. The highest BCUT2D eigenvalue weighted by molar-refractivity contribution is 7.13. The number of aromatic nitrogens is 2. The molecule has 2 aromatic heterocycles. The molecular weight excluding hydrogens is 372 g/mol. The molecule has 1 saturated heterocycles. The van der Waals surface area contributed by atoms with Crippen LogP contribution in [0.5, 0.6) is 0 Å². The Morgan fingerprint density at radius 1 is 1.11 bits per heavy atom. The molecule has 0 radical (unpaired) electrons. The number of nitrogens with one attached hydrogen (secondary N) is 1. The van der Waals surface area contributed by atoms with Crippen molar-refractivity contribution in [2.24, 2.45) is 5.92 Å². The number of pyridine rings is 1. The van der Waals surface area contributed by atoms with Gasteiger partial charge in [0.15, 0.2) is 0 Å². The minimum absolute atomic E-state index is 0.0578. The predicted octanol–water partition coefficient (Wildman–Crippen LogP) is 3.62. The largest absolute Gasteiger partial charge is 0.324 e. The number of para-hydroxylation sites is 1. The van der Waals surface area contributed by atoms with Gasteiger partial charge in [-0.05, 0) is 30.5 Å². The molecule has 0 saturated carbocycles. The molecule has 6 nitrogen and oxygen atoms in total. The van der Waals surface area contributed by atoms with Gasteiger partial charge < -0.3 is 14.8 Å². The monoisotopic (exact) mass is 392 g/mol. The summed E-state index contributed by atoms with van der Waals surface area (Å²) in [7, 11) is 0. The Labute approximate surface area is 166 Å². The lowest BCUT2D eigenvalue weighted by Crippen LogP contribution is -2.50. The van der Waals surface area contributed by atoms with Gasteiger partial charge in [-0.25, -0.2) is 9.78 Å². The number of rotatable bonds is 2. The zero-order valence-corrected chi connectivity index (χ0v) is 16.1. The van der Waals surface area contributed by atoms with Crippen molar-refractivity contribution in [2.45, 2.75) is 18.9 Å². The Hall–Kier alpha value is -2.93. The van der Waals surface area contributed by atoms with Crippen LogP contribution in [-0.4, -0.2) is 33.6 Å². The molecule has 0 unspecified atom stereocenters. The van der Waals surface area contributed by atoms with Crippen LogP contribution in [0, 0.1) is 5.92 Å². The third kappa shape index (κ3) is 3.01. The minimum Gasteiger partial charge on any atom is -0.324 e. The van der Waals surface area contributed by atoms with Gasteiger partial charge in [-0.2, -0.15) is 0 Å². The number of carbonyl (C=O) groups is 1. The second-order valence-corrected chi connectivity index (χ2v) is 8.31. The topological polar surface area (TPSA) is 67.2 Å². The number of urea groups is 1. The van der Waals surface area contributed by atoms with Gasteiger partial charge in [0.2, 0.25) is 0 Å². The van der Waals surface area contributed by atoms with Crippen LogP contribution < -0.4 is 10.9 Å². The zero-order valence-electron chi connectivity index (χ0n) is 15.2. The molecule has 2 aliphatic heterocycles. The molecule has 3 aromatic rings. The molecule has 4 heterocycles. The highest BCUT2D eigenvalue weighted by Gasteiger charge is 2.36. The molecule has 2 amide bonds. The lowest BCUT2D eigenvalue weighted by Gasteiger charge is -2.42. The Morgan fingerprint density at radius 2 is 2.00 bits per heavy atom. The van der Waals surface area contributed by atoms with E-state index in [2.05, 4.69) is 10.3 Å². The first-order valence-electron chi connectivity index (χ1n) is 9.43. The van der Waals surface area contributed by atoms with E-state index in [1.54, 1.807) is 23.6 Å². The SMILES string of the molecule is O=C(Nc1ccccc1-c1nccs1)N1C[C@@H]2C[C@H](C1)c1cccc(=O)n1C2. The van der Waals surface area contributed by atoms with E-state index in [1.807, 2.05) is 51.2 Å². The van der Waals surface area contributed by atoms with Crippen LogP contribution >= 0.6 is 11.3 Å². The molecule has 28 heavy (non-hydrogen) atoms. The highest BCUT2D eigenvalue weighted by atomic mass is 32.1. The van der Waals surface area contributed by atoms with Gasteiger partial charge in [0, 0.05) is 54.5 Å². The van der Waals surface area contributed by atoms with Crippen molar-refractivity contribution in [3.63, 3.8) is 0 Å². The second-order valence-electron chi connectivity index (χ2n) is 7.42. The first-order chi connectivity index (χ1) is 13.7. The summed E-state index contributed by atoms with van der Waals surface area (Å²) in [6.07, 6.45) is 2.80. The summed E-state index contributed by atoms with van der Waals surface area (Å²) in [6, 6.07) is 13.1. The van der Waals surface area contributed by atoms with Crippen LogP contribution in [-0.2, 0) is 6.54 Å². The van der Waals surface area contributed by atoms with Gasteiger partial charge in [-0.15, -0.1) is 11.3 Å². The molecule has 1 N–H and O–H groups in total. The van der Waals surface area contributed by atoms with Crippen LogP contribution in [0.3, 0.4) is 0 Å². The van der Waals surface area contributed by atoms with Crippen molar-refractivity contribution in [1.82, 2.24) is 14.5 Å². The molecule has 1 fully saturated rings. The van der Waals surface area contributed by atoms with E-state index >= 15 is 0 Å². The highest BCUT2D eigenvalue weighted by Crippen LogP contribution is 2.35. The number of benzene rings is 1. The fraction of sp³-hybridized carbons (Fsp3) is 0.286. The average Bonchev–Trinajstić information content (AvgIpc) is 3.24. The lowest BCUT2D eigenvalue weighted by molar-refractivity contribution is 0.139. The minimum atomic E-state index is -0.0922. The quantitative estimate of drug-likeness (QED) is 0.724. The van der Waals surface area contributed by atoms with Crippen molar-refractivity contribution in [1.29, 1.82) is 0 Å². The predicted molar refractivity (Wildman–Crippen MR) is 110 cm³/mol. The number of anilines is 1. The van der Waals surface area contributed by atoms with Gasteiger partial charge in [-0.3, -0.25) is 4.79 Å². The summed E-state index contributed by atoms with van der Waals surface area (Å²) < 4.78 is 1.88. The van der Waals surface area contributed by atoms with E-state index in [0.29, 0.717) is 25.6 Å². The maximum absolute atomic E-state index is 13.0. The molecule has 0 spiro atoms. The number of carbonyl (C=O) groups excluding carboxylic acids is 1. The van der Waals surface area contributed by atoms with Gasteiger partial charge >= 0.3 is 6.03 Å². The number of nitrogens with zero attached hydrogens (tertiary/aromatic N) is 3. The number of fused-ring (bicyclic) bond motifs is 4. The standard InChI is InChI=1S/C21H20N4O2S/c26-19-7-3-6-18-15-10-14(12-25(18)19)11-24(13-15)21(27)23-17-5-2-1-4-16(17)20-22-8-9-28-20/h1-9,14-15H,10-13H2,(H,23,27)/t14-,15+/m0/s1. The van der Waals surface area contributed by atoms with Crippen LogP contribution in [0.2, 0.25) is 0 Å². The molecular formula is C21H20N4O2S. The van der Waals surface area contributed by atoms with E-state index in [9.17, 15) is 9.59 Å². The Bertz CT molecular complexity index is 1080. The van der Waals surface area contributed by atoms with Crippen LogP contribution in [0.1, 0.15) is 18.0 Å². The summed E-state index contributed by atoms with van der Waals surface area (Å²) in [5.74, 6) is 0.521. The first-order valence-corrected chi connectivity index (χ1v) is 10.3. The van der Waals surface area contributed by atoms with Crippen LogP contribution in [0.25, 0.3) is 10.6 Å². The van der Waals surface area contributed by atoms with Crippen molar-refractivity contribution in [3.8, 4) is 10.6 Å². The molecule has 2 bridgehead atoms. The van der Waals surface area contributed by atoms with E-state index < -0.39 is 0 Å². The number of likely N-dealkylation sites (tertiary alicyclic amines) is 1. The Kier molecular flexibility index (Phi) is 4.24. The molecule has 5 rings (SSSR count). The van der Waals surface area contributed by atoms with Crippen molar-refractivity contribution < 1.29 is 4.79 Å². The third-order valence-electron chi connectivity index (χ3n) is 5.60. The zero-order chi connectivity index (χ0) is 19.1. The first kappa shape index (κ1) is 17.2. The lowest BCUT2D eigenvalue weighted by atomic mass is 9.83. The van der Waals surface area contributed by atoms with E-state index in [-0.39, 0.29) is 17.5 Å². The fourth-order valence-electron chi connectivity index (χ4n) is 4.39. The summed E-state index contributed by atoms with van der Waals surface area (Å²) in [5.41, 5.74) is 2.81. The number of piperidine rings is 1. The summed E-state index contributed by atoms with van der Waals surface area (Å²) in [4.78, 5) is 31.5. The molecule has 0 aliphatic carbocycles. The van der Waals surface area contributed by atoms with Crippen molar-refractivity contribution in [2.75, 3.05) is 18.4 Å². The molecule has 2 atom stereocenters. The number of amides is 2. The number of thiazole rings is 1. The van der Waals surface area contributed by atoms with E-state index in [0.717, 1.165) is 28.4 Å². The van der Waals surface area contributed by atoms with Gasteiger partial charge in [0.25, 0.3) is 5.56 Å². The summed E-state index contributed by atoms with van der Waals surface area (Å²) >= 11 is 1.55. The van der Waals surface area contributed by atoms with Crippen molar-refractivity contribution >= 4 is 23.1 Å². The molecule has 142 valence electrons. The second kappa shape index (κ2) is 6.91. The maximum Gasteiger partial charge on any atom is 0.321 e. The summed E-state index contributed by atoms with van der Waals surface area (Å²) in [6.45, 7) is 1.98. The molecule has 7 heteroatoms. The Morgan fingerprint density at radius 3 is 2.86 bits per heavy atom. The molecule has 1 aromatic carbocycles. The number of hydrogen-bond acceptors (Lipinski definition) is 4. The van der Waals surface area contributed by atoms with Crippen molar-refractivity contribution in [3.05, 3.63) is 70.1 Å². The normalized spacial score (nSPS) is 20.5. The average molecular weight is 392 g/mol. The fourth-order valence-corrected chi connectivity index (χ4v) is 5.07. The van der Waals surface area contributed by atoms with Gasteiger partial charge in [-0.1, -0.05) is 18.2 Å². The smallest absolute Gasteiger partial charge is 0.321 e. The van der Waals surface area contributed by atoms with Gasteiger partial charge in [0.1, 0.15) is 5.01 Å². The van der Waals surface area contributed by atoms with E-state index in [4.69, 9.17) is 0 Å². The van der Waals surface area contributed by atoms with Crippen LogP contribution in [0.15, 0.2) is 58.8 Å². The number of hydrogen-bond donors (Lipinski definition) is 1. The maximum atomic E-state index is 13.0. The van der Waals surface area contributed by atoms with Gasteiger partial charge in [0.05, 0.1) is 5.69 Å². The molecule has 2 aliphatic rings. The summed E-state index contributed by atoms with van der Waals surface area (Å²) in [5, 5.41) is 5.90. The van der Waals surface area contributed by atoms with E-state index in [1.165, 1.54) is 0 Å².